The van der Waals surface area contributed by atoms with Crippen molar-refractivity contribution in [1.82, 2.24) is 5.32 Å². The topological polar surface area (TPSA) is 38.3 Å². The van der Waals surface area contributed by atoms with Gasteiger partial charge in [0.2, 0.25) is 0 Å². The Hall–Kier alpha value is -1.71. The number of carbonyl (C=O) groups is 1. The normalized spacial score (nSPS) is 10.2. The van der Waals surface area contributed by atoms with Gasteiger partial charge in [-0.3, -0.25) is 4.79 Å². The number of benzene rings is 2. The second-order valence-electron chi connectivity index (χ2n) is 4.12. The van der Waals surface area contributed by atoms with Gasteiger partial charge < -0.3 is 10.1 Å². The molecule has 0 heterocycles. The number of halogens is 2. The molecule has 0 unspecified atom stereocenters. The molecule has 0 saturated heterocycles. The van der Waals surface area contributed by atoms with Crippen LogP contribution < -0.4 is 10.1 Å². The maximum atomic E-state index is 12.1. The van der Waals surface area contributed by atoms with E-state index in [1.54, 1.807) is 24.3 Å². The monoisotopic (exact) mass is 309 g/mol. The van der Waals surface area contributed by atoms with Gasteiger partial charge in [-0.1, -0.05) is 41.4 Å². The summed E-state index contributed by atoms with van der Waals surface area (Å²) in [4.78, 5) is 12.1. The summed E-state index contributed by atoms with van der Waals surface area (Å²) in [6, 6.07) is 12.3. The van der Waals surface area contributed by atoms with Crippen molar-refractivity contribution in [3.63, 3.8) is 0 Å². The zero-order valence-corrected chi connectivity index (χ0v) is 12.3. The molecule has 0 aliphatic rings. The highest BCUT2D eigenvalue weighted by atomic mass is 35.5. The summed E-state index contributed by atoms with van der Waals surface area (Å²) in [6.45, 7) is 0.339. The second-order valence-corrected chi connectivity index (χ2v) is 4.93. The Morgan fingerprint density at radius 1 is 1.15 bits per heavy atom. The standard InChI is InChI=1S/C15H13Cl2NO2/c1-20-11-6-7-14(17)12(8-11)15(19)18-9-10-4-2-3-5-13(10)16/h2-8H,9H2,1H3,(H,18,19). The molecule has 2 aromatic rings. The van der Waals surface area contributed by atoms with Crippen molar-refractivity contribution >= 4 is 29.1 Å². The zero-order valence-electron chi connectivity index (χ0n) is 10.8. The van der Waals surface area contributed by atoms with Crippen molar-refractivity contribution in [1.29, 1.82) is 0 Å². The van der Waals surface area contributed by atoms with E-state index in [2.05, 4.69) is 5.32 Å². The van der Waals surface area contributed by atoms with Crippen molar-refractivity contribution in [2.45, 2.75) is 6.54 Å². The van der Waals surface area contributed by atoms with Crippen molar-refractivity contribution in [2.24, 2.45) is 0 Å². The van der Waals surface area contributed by atoms with Crippen molar-refractivity contribution in [2.75, 3.05) is 7.11 Å². The van der Waals surface area contributed by atoms with E-state index in [-0.39, 0.29) is 5.91 Å². The summed E-state index contributed by atoms with van der Waals surface area (Å²) >= 11 is 12.1. The highest BCUT2D eigenvalue weighted by molar-refractivity contribution is 6.34. The molecule has 0 aromatic heterocycles. The van der Waals surface area contributed by atoms with Crippen LogP contribution in [0.4, 0.5) is 0 Å². The minimum absolute atomic E-state index is 0.270. The number of amides is 1. The first-order valence-corrected chi connectivity index (χ1v) is 6.72. The van der Waals surface area contributed by atoms with E-state index in [9.17, 15) is 4.79 Å². The molecule has 0 aliphatic heterocycles. The summed E-state index contributed by atoms with van der Waals surface area (Å²) in [5, 5.41) is 3.78. The molecule has 1 amide bonds. The van der Waals surface area contributed by atoms with Crippen molar-refractivity contribution in [3.8, 4) is 5.75 Å². The third-order valence-electron chi connectivity index (χ3n) is 2.82. The van der Waals surface area contributed by atoms with E-state index < -0.39 is 0 Å². The fourth-order valence-corrected chi connectivity index (χ4v) is 2.12. The van der Waals surface area contributed by atoms with Crippen LogP contribution in [0.25, 0.3) is 0 Å². The Morgan fingerprint density at radius 3 is 2.60 bits per heavy atom. The molecule has 0 saturated carbocycles. The lowest BCUT2D eigenvalue weighted by atomic mass is 10.2. The number of methoxy groups -OCH3 is 1. The van der Waals surface area contributed by atoms with Crippen molar-refractivity contribution < 1.29 is 9.53 Å². The Morgan fingerprint density at radius 2 is 1.90 bits per heavy atom. The molecule has 20 heavy (non-hydrogen) atoms. The fourth-order valence-electron chi connectivity index (χ4n) is 1.72. The van der Waals surface area contributed by atoms with Crippen LogP contribution in [0.1, 0.15) is 15.9 Å². The number of carbonyl (C=O) groups excluding carboxylic acids is 1. The van der Waals surface area contributed by atoms with Gasteiger partial charge in [0.25, 0.3) is 5.91 Å². The number of nitrogens with one attached hydrogen (secondary N) is 1. The first-order valence-electron chi connectivity index (χ1n) is 5.97. The lowest BCUT2D eigenvalue weighted by Crippen LogP contribution is -2.23. The number of ether oxygens (including phenoxy) is 1. The molecule has 0 atom stereocenters. The van der Waals surface area contributed by atoms with E-state index in [1.807, 2.05) is 18.2 Å². The van der Waals surface area contributed by atoms with E-state index in [0.717, 1.165) is 5.56 Å². The minimum Gasteiger partial charge on any atom is -0.497 e. The van der Waals surface area contributed by atoms with E-state index in [0.29, 0.717) is 27.9 Å². The first kappa shape index (κ1) is 14.7. The second kappa shape index (κ2) is 6.64. The predicted octanol–water partition coefficient (Wildman–Crippen LogP) is 3.93. The van der Waals surface area contributed by atoms with Gasteiger partial charge in [-0.15, -0.1) is 0 Å². The zero-order chi connectivity index (χ0) is 14.5. The number of hydrogen-bond acceptors (Lipinski definition) is 2. The van der Waals surface area contributed by atoms with E-state index in [4.69, 9.17) is 27.9 Å². The lowest BCUT2D eigenvalue weighted by Gasteiger charge is -2.09. The van der Waals surface area contributed by atoms with E-state index in [1.165, 1.54) is 7.11 Å². The highest BCUT2D eigenvalue weighted by Crippen LogP contribution is 2.22. The molecule has 0 aliphatic carbocycles. The third-order valence-corrected chi connectivity index (χ3v) is 3.51. The molecular formula is C15H13Cl2NO2. The summed E-state index contributed by atoms with van der Waals surface area (Å²) in [5.41, 5.74) is 1.22. The van der Waals surface area contributed by atoms with Crippen LogP contribution in [0.5, 0.6) is 5.75 Å². The molecule has 0 fully saturated rings. The van der Waals surface area contributed by atoms with Crippen LogP contribution in [-0.2, 0) is 6.54 Å². The average molecular weight is 310 g/mol. The fraction of sp³-hybridized carbons (Fsp3) is 0.133. The van der Waals surface area contributed by atoms with Gasteiger partial charge in [-0.25, -0.2) is 0 Å². The van der Waals surface area contributed by atoms with Crippen LogP contribution in [0.15, 0.2) is 42.5 Å². The molecule has 0 bridgehead atoms. The SMILES string of the molecule is COc1ccc(Cl)c(C(=O)NCc2ccccc2Cl)c1. The Balaban J connectivity index is 2.11. The maximum Gasteiger partial charge on any atom is 0.253 e. The van der Waals surface area contributed by atoms with Gasteiger partial charge in [-0.05, 0) is 29.8 Å². The Labute approximate surface area is 127 Å². The quantitative estimate of drug-likeness (QED) is 0.929. The van der Waals surface area contributed by atoms with Crippen LogP contribution in [0.3, 0.4) is 0 Å². The largest absolute Gasteiger partial charge is 0.497 e. The third kappa shape index (κ3) is 3.44. The molecule has 104 valence electrons. The van der Waals surface area contributed by atoms with Crippen LogP contribution in [-0.4, -0.2) is 13.0 Å². The lowest BCUT2D eigenvalue weighted by molar-refractivity contribution is 0.0950. The van der Waals surface area contributed by atoms with Crippen molar-refractivity contribution in [3.05, 3.63) is 63.6 Å². The van der Waals surface area contributed by atoms with Crippen LogP contribution in [0, 0.1) is 0 Å². The van der Waals surface area contributed by atoms with Gasteiger partial charge in [-0.2, -0.15) is 0 Å². The molecular weight excluding hydrogens is 297 g/mol. The summed E-state index contributed by atoms with van der Waals surface area (Å²) < 4.78 is 5.08. The van der Waals surface area contributed by atoms with Gasteiger partial charge in [0.05, 0.1) is 17.7 Å². The molecule has 2 aromatic carbocycles. The number of rotatable bonds is 4. The summed E-state index contributed by atoms with van der Waals surface area (Å²) in [7, 11) is 1.54. The van der Waals surface area contributed by atoms with Crippen LogP contribution in [0.2, 0.25) is 10.0 Å². The average Bonchev–Trinajstić information content (AvgIpc) is 2.46. The first-order chi connectivity index (χ1) is 9.61. The van der Waals surface area contributed by atoms with Crippen LogP contribution >= 0.6 is 23.2 Å². The summed E-state index contributed by atoms with van der Waals surface area (Å²) in [6.07, 6.45) is 0. The minimum atomic E-state index is -0.270. The molecule has 0 radical (unpaired) electrons. The summed E-state index contributed by atoms with van der Waals surface area (Å²) in [5.74, 6) is 0.311. The van der Waals surface area contributed by atoms with Gasteiger partial charge in [0.1, 0.15) is 5.75 Å². The predicted molar refractivity (Wildman–Crippen MR) is 80.6 cm³/mol. The molecule has 5 heteroatoms. The van der Waals surface area contributed by atoms with Gasteiger partial charge in [0, 0.05) is 11.6 Å². The maximum absolute atomic E-state index is 12.1. The van der Waals surface area contributed by atoms with E-state index >= 15 is 0 Å². The Bertz CT molecular complexity index is 629. The number of hydrogen-bond donors (Lipinski definition) is 1. The smallest absolute Gasteiger partial charge is 0.253 e. The highest BCUT2D eigenvalue weighted by Gasteiger charge is 2.12. The molecule has 2 rings (SSSR count). The molecule has 1 N–H and O–H groups in total. The molecule has 3 nitrogen and oxygen atoms in total. The molecule has 0 spiro atoms. The van der Waals surface area contributed by atoms with Gasteiger partial charge >= 0.3 is 0 Å². The van der Waals surface area contributed by atoms with Gasteiger partial charge in [0.15, 0.2) is 0 Å². The Kier molecular flexibility index (Phi) is 4.88.